The third-order valence-electron chi connectivity index (χ3n) is 4.57. The van der Waals surface area contributed by atoms with Gasteiger partial charge >= 0.3 is 11.6 Å². The van der Waals surface area contributed by atoms with E-state index < -0.39 is 4.92 Å². The van der Waals surface area contributed by atoms with Gasteiger partial charge in [0, 0.05) is 5.69 Å². The molecule has 0 atom stereocenters. The first-order valence-corrected chi connectivity index (χ1v) is 9.49. The highest BCUT2D eigenvalue weighted by Crippen LogP contribution is 2.35. The number of nitrogens with zero attached hydrogens (tertiary/aromatic N) is 3. The molecule has 29 heavy (non-hydrogen) atoms. The van der Waals surface area contributed by atoms with Gasteiger partial charge in [0.2, 0.25) is 5.82 Å². The molecule has 0 radical (unpaired) electrons. The Morgan fingerprint density at radius 2 is 1.45 bits per heavy atom. The largest absolute Gasteiger partial charge is 0.434 e. The first kappa shape index (κ1) is 20.3. The molecule has 0 aliphatic carbocycles. The Hall–Kier alpha value is -3.48. The summed E-state index contributed by atoms with van der Waals surface area (Å²) in [6, 6.07) is 15.1. The minimum atomic E-state index is -0.539. The van der Waals surface area contributed by atoms with Gasteiger partial charge in [-0.2, -0.15) is 4.98 Å². The van der Waals surface area contributed by atoms with Gasteiger partial charge in [-0.05, 0) is 47.2 Å². The first-order valence-electron chi connectivity index (χ1n) is 9.49. The Bertz CT molecular complexity index is 912. The van der Waals surface area contributed by atoms with Crippen LogP contribution in [0.15, 0.2) is 54.9 Å². The SMILES string of the molecule is CC(C)c1ccc(Nc2ncnc(Oc3ccc(C(C)C)cc3)c2[N+](=O)[O-])cc1. The predicted octanol–water partition coefficient (Wildman–Crippen LogP) is 6.17. The van der Waals surface area contributed by atoms with E-state index in [1.807, 2.05) is 36.4 Å². The monoisotopic (exact) mass is 392 g/mol. The van der Waals surface area contributed by atoms with Gasteiger partial charge in [0.25, 0.3) is 0 Å². The molecule has 1 heterocycles. The zero-order valence-electron chi connectivity index (χ0n) is 16.9. The van der Waals surface area contributed by atoms with Gasteiger partial charge in [0.15, 0.2) is 0 Å². The van der Waals surface area contributed by atoms with E-state index >= 15 is 0 Å². The fourth-order valence-corrected chi connectivity index (χ4v) is 2.81. The number of ether oxygens (including phenoxy) is 1. The molecular formula is C22H24N4O3. The van der Waals surface area contributed by atoms with Crippen LogP contribution in [0.5, 0.6) is 11.6 Å². The summed E-state index contributed by atoms with van der Waals surface area (Å²) in [5.41, 5.74) is 2.72. The minimum Gasteiger partial charge on any atom is -0.434 e. The van der Waals surface area contributed by atoms with E-state index in [1.165, 1.54) is 11.9 Å². The maximum absolute atomic E-state index is 11.7. The second-order valence-electron chi connectivity index (χ2n) is 7.36. The molecule has 0 fully saturated rings. The smallest absolute Gasteiger partial charge is 0.373 e. The van der Waals surface area contributed by atoms with Crippen molar-refractivity contribution in [1.82, 2.24) is 9.97 Å². The maximum atomic E-state index is 11.7. The van der Waals surface area contributed by atoms with Crippen LogP contribution in [0, 0.1) is 10.1 Å². The molecule has 0 spiro atoms. The molecule has 0 saturated carbocycles. The topological polar surface area (TPSA) is 90.2 Å². The van der Waals surface area contributed by atoms with Crippen molar-refractivity contribution in [3.8, 4) is 11.6 Å². The van der Waals surface area contributed by atoms with E-state index in [0.717, 1.165) is 5.56 Å². The summed E-state index contributed by atoms with van der Waals surface area (Å²) >= 11 is 0. The molecule has 3 rings (SSSR count). The van der Waals surface area contributed by atoms with Crippen molar-refractivity contribution in [3.63, 3.8) is 0 Å². The normalized spacial score (nSPS) is 11.0. The van der Waals surface area contributed by atoms with Crippen molar-refractivity contribution in [3.05, 3.63) is 76.1 Å². The van der Waals surface area contributed by atoms with Crippen LogP contribution in [0.3, 0.4) is 0 Å². The fourth-order valence-electron chi connectivity index (χ4n) is 2.81. The van der Waals surface area contributed by atoms with E-state index in [0.29, 0.717) is 23.3 Å². The number of nitrogens with one attached hydrogen (secondary N) is 1. The Labute approximate surface area is 169 Å². The van der Waals surface area contributed by atoms with E-state index in [-0.39, 0.29) is 17.4 Å². The molecule has 0 unspecified atom stereocenters. The van der Waals surface area contributed by atoms with Crippen molar-refractivity contribution in [1.29, 1.82) is 0 Å². The number of hydrogen-bond acceptors (Lipinski definition) is 6. The van der Waals surface area contributed by atoms with Crippen LogP contribution in [0.1, 0.15) is 50.7 Å². The summed E-state index contributed by atoms with van der Waals surface area (Å²) < 4.78 is 5.70. The molecule has 1 N–H and O–H groups in total. The van der Waals surface area contributed by atoms with Gasteiger partial charge in [-0.1, -0.05) is 52.0 Å². The van der Waals surface area contributed by atoms with Gasteiger partial charge in [-0.3, -0.25) is 10.1 Å². The third kappa shape index (κ3) is 4.87. The highest BCUT2D eigenvalue weighted by molar-refractivity contribution is 5.68. The lowest BCUT2D eigenvalue weighted by Gasteiger charge is -2.11. The molecule has 0 saturated heterocycles. The van der Waals surface area contributed by atoms with Crippen LogP contribution >= 0.6 is 0 Å². The molecule has 7 heteroatoms. The molecule has 1 aromatic heterocycles. The van der Waals surface area contributed by atoms with Crippen LogP contribution in [-0.4, -0.2) is 14.9 Å². The predicted molar refractivity (Wildman–Crippen MR) is 113 cm³/mol. The van der Waals surface area contributed by atoms with Crippen molar-refractivity contribution in [2.45, 2.75) is 39.5 Å². The number of rotatable bonds is 7. The summed E-state index contributed by atoms with van der Waals surface area (Å²) in [6.45, 7) is 8.40. The summed E-state index contributed by atoms with van der Waals surface area (Å²) in [5, 5.41) is 14.7. The quantitative estimate of drug-likeness (QED) is 0.382. The van der Waals surface area contributed by atoms with Crippen molar-refractivity contribution in [2.75, 3.05) is 5.32 Å². The van der Waals surface area contributed by atoms with Gasteiger partial charge in [0.1, 0.15) is 12.1 Å². The minimum absolute atomic E-state index is 0.0797. The lowest BCUT2D eigenvalue weighted by atomic mass is 10.0. The maximum Gasteiger partial charge on any atom is 0.373 e. The van der Waals surface area contributed by atoms with Crippen LogP contribution in [0.2, 0.25) is 0 Å². The lowest BCUT2D eigenvalue weighted by molar-refractivity contribution is -0.385. The zero-order chi connectivity index (χ0) is 21.0. The molecule has 0 aliphatic rings. The zero-order valence-corrected chi connectivity index (χ0v) is 16.9. The summed E-state index contributed by atoms with van der Waals surface area (Å²) in [5.74, 6) is 1.23. The molecule has 2 aromatic carbocycles. The fraction of sp³-hybridized carbons (Fsp3) is 0.273. The Morgan fingerprint density at radius 1 is 0.897 bits per heavy atom. The Kier molecular flexibility index (Phi) is 6.07. The number of anilines is 2. The van der Waals surface area contributed by atoms with Gasteiger partial charge in [-0.25, -0.2) is 4.98 Å². The summed E-state index contributed by atoms with van der Waals surface area (Å²) in [4.78, 5) is 19.2. The lowest BCUT2D eigenvalue weighted by Crippen LogP contribution is -2.03. The first-order chi connectivity index (χ1) is 13.8. The average Bonchev–Trinajstić information content (AvgIpc) is 2.68. The molecule has 0 amide bonds. The van der Waals surface area contributed by atoms with E-state index in [2.05, 4.69) is 43.0 Å². The molecule has 0 aliphatic heterocycles. The van der Waals surface area contributed by atoms with E-state index in [1.54, 1.807) is 12.1 Å². The summed E-state index contributed by atoms with van der Waals surface area (Å²) in [6.07, 6.45) is 1.25. The van der Waals surface area contributed by atoms with Crippen molar-refractivity contribution >= 4 is 17.2 Å². The average molecular weight is 392 g/mol. The second kappa shape index (κ2) is 8.68. The highest BCUT2D eigenvalue weighted by atomic mass is 16.6. The van der Waals surface area contributed by atoms with Crippen molar-refractivity contribution in [2.24, 2.45) is 0 Å². The number of hydrogen-bond donors (Lipinski definition) is 1. The third-order valence-corrected chi connectivity index (χ3v) is 4.57. The van der Waals surface area contributed by atoms with Gasteiger partial charge in [-0.15, -0.1) is 0 Å². The molecular weight excluding hydrogens is 368 g/mol. The van der Waals surface area contributed by atoms with Crippen LogP contribution in [-0.2, 0) is 0 Å². The molecule has 7 nitrogen and oxygen atoms in total. The molecule has 3 aromatic rings. The van der Waals surface area contributed by atoms with Crippen LogP contribution in [0.4, 0.5) is 17.2 Å². The van der Waals surface area contributed by atoms with E-state index in [9.17, 15) is 10.1 Å². The number of nitro groups is 1. The van der Waals surface area contributed by atoms with E-state index in [4.69, 9.17) is 4.74 Å². The molecule has 150 valence electrons. The number of benzene rings is 2. The van der Waals surface area contributed by atoms with Crippen LogP contribution < -0.4 is 10.1 Å². The summed E-state index contributed by atoms with van der Waals surface area (Å²) in [7, 11) is 0. The standard InChI is InChI=1S/C22H24N4O3/c1-14(2)16-5-9-18(10-6-16)25-21-20(26(27)28)22(24-13-23-21)29-19-11-7-17(8-12-19)15(3)4/h5-15H,1-4H3,(H,23,24,25). The highest BCUT2D eigenvalue weighted by Gasteiger charge is 2.25. The Morgan fingerprint density at radius 3 is 1.97 bits per heavy atom. The van der Waals surface area contributed by atoms with Crippen LogP contribution in [0.25, 0.3) is 0 Å². The second-order valence-corrected chi connectivity index (χ2v) is 7.36. The number of aromatic nitrogens is 2. The molecule has 0 bridgehead atoms. The van der Waals surface area contributed by atoms with Gasteiger partial charge < -0.3 is 10.1 Å². The van der Waals surface area contributed by atoms with Gasteiger partial charge in [0.05, 0.1) is 4.92 Å². The van der Waals surface area contributed by atoms with Crippen molar-refractivity contribution < 1.29 is 9.66 Å². The Balaban J connectivity index is 1.88.